The standard InChI is InChI=1S/C25H29Cl2N5O4S/c1-16(2)22(25(33)36-3)30-24-17-7-4-5-10-20(17)28-21(29-24)15-31-11-13-32(14-12-31)37(34,35)23-18(26)8-6-9-19(23)27/h4-10,16,22H,11-15H2,1-3H3,(H,28,29,30)/t22-/m0/s1. The second kappa shape index (κ2) is 11.5. The zero-order chi connectivity index (χ0) is 26.7. The summed E-state index contributed by atoms with van der Waals surface area (Å²) in [5, 5.41) is 4.25. The largest absolute Gasteiger partial charge is 0.467 e. The summed E-state index contributed by atoms with van der Waals surface area (Å²) in [7, 11) is -2.47. The number of esters is 1. The number of carbonyl (C=O) groups excluding carboxylic acids is 1. The molecule has 0 amide bonds. The van der Waals surface area contributed by atoms with Gasteiger partial charge < -0.3 is 10.1 Å². The van der Waals surface area contributed by atoms with E-state index >= 15 is 0 Å². The van der Waals surface area contributed by atoms with E-state index in [0.717, 1.165) is 10.9 Å². The number of anilines is 1. The lowest BCUT2D eigenvalue weighted by Gasteiger charge is -2.34. The second-order valence-corrected chi connectivity index (χ2v) is 11.8. The number of nitrogens with one attached hydrogen (secondary N) is 1. The fourth-order valence-electron chi connectivity index (χ4n) is 4.26. The molecule has 198 valence electrons. The van der Waals surface area contributed by atoms with Crippen molar-refractivity contribution in [3.05, 3.63) is 58.3 Å². The molecule has 4 rings (SSSR count). The highest BCUT2D eigenvalue weighted by Crippen LogP contribution is 2.32. The molecule has 0 unspecified atom stereocenters. The lowest BCUT2D eigenvalue weighted by molar-refractivity contribution is -0.142. The average molecular weight is 567 g/mol. The van der Waals surface area contributed by atoms with Crippen molar-refractivity contribution in [1.29, 1.82) is 0 Å². The number of aromatic nitrogens is 2. The first-order chi connectivity index (χ1) is 17.6. The Hall–Kier alpha value is -2.50. The van der Waals surface area contributed by atoms with Crippen LogP contribution in [-0.2, 0) is 26.1 Å². The van der Waals surface area contributed by atoms with Crippen molar-refractivity contribution >= 4 is 55.9 Å². The zero-order valence-electron chi connectivity index (χ0n) is 20.8. The van der Waals surface area contributed by atoms with Gasteiger partial charge in [0.1, 0.15) is 22.6 Å². The molecular formula is C25H29Cl2N5O4S. The van der Waals surface area contributed by atoms with E-state index < -0.39 is 16.1 Å². The number of sulfonamides is 1. The molecule has 1 N–H and O–H groups in total. The van der Waals surface area contributed by atoms with E-state index in [2.05, 4.69) is 10.2 Å². The van der Waals surface area contributed by atoms with Crippen LogP contribution in [0.25, 0.3) is 10.9 Å². The van der Waals surface area contributed by atoms with Crippen LogP contribution < -0.4 is 5.32 Å². The molecule has 1 atom stereocenters. The molecule has 1 fully saturated rings. The van der Waals surface area contributed by atoms with E-state index in [1.807, 2.05) is 38.1 Å². The van der Waals surface area contributed by atoms with Gasteiger partial charge in [-0.2, -0.15) is 4.31 Å². The van der Waals surface area contributed by atoms with Crippen LogP contribution in [0.1, 0.15) is 19.7 Å². The predicted octanol–water partition coefficient (Wildman–Crippen LogP) is 4.05. The van der Waals surface area contributed by atoms with Crippen LogP contribution in [0.5, 0.6) is 0 Å². The van der Waals surface area contributed by atoms with Gasteiger partial charge in [0.25, 0.3) is 0 Å². The molecule has 1 aromatic heterocycles. The van der Waals surface area contributed by atoms with Crippen molar-refractivity contribution in [1.82, 2.24) is 19.2 Å². The molecule has 37 heavy (non-hydrogen) atoms. The third-order valence-electron chi connectivity index (χ3n) is 6.28. The molecule has 0 saturated carbocycles. The number of piperazine rings is 1. The Morgan fingerprint density at radius 1 is 1.03 bits per heavy atom. The summed E-state index contributed by atoms with van der Waals surface area (Å²) in [6.45, 7) is 5.81. The second-order valence-electron chi connectivity index (χ2n) is 9.13. The third kappa shape index (κ3) is 5.99. The van der Waals surface area contributed by atoms with Crippen molar-refractivity contribution in [2.45, 2.75) is 31.3 Å². The Balaban J connectivity index is 1.52. The van der Waals surface area contributed by atoms with Gasteiger partial charge in [-0.3, -0.25) is 4.90 Å². The summed E-state index contributed by atoms with van der Waals surface area (Å²) in [6, 6.07) is 11.7. The molecule has 2 heterocycles. The van der Waals surface area contributed by atoms with Crippen LogP contribution in [0.2, 0.25) is 10.0 Å². The van der Waals surface area contributed by atoms with E-state index in [1.165, 1.54) is 23.5 Å². The normalized spacial score (nSPS) is 16.2. The Labute approximate surface area is 226 Å². The van der Waals surface area contributed by atoms with Crippen LogP contribution >= 0.6 is 23.2 Å². The highest BCUT2D eigenvalue weighted by Gasteiger charge is 2.32. The SMILES string of the molecule is COC(=O)[C@@H](Nc1nc(CN2CCN(S(=O)(=O)c3c(Cl)cccc3Cl)CC2)nc2ccccc12)C(C)C. The minimum atomic E-state index is -3.83. The van der Waals surface area contributed by atoms with Gasteiger partial charge in [0.15, 0.2) is 0 Å². The molecule has 0 aliphatic carbocycles. The molecule has 0 spiro atoms. The van der Waals surface area contributed by atoms with E-state index in [1.54, 1.807) is 6.07 Å². The van der Waals surface area contributed by atoms with Crippen molar-refractivity contribution < 1.29 is 17.9 Å². The Morgan fingerprint density at radius 2 is 1.68 bits per heavy atom. The highest BCUT2D eigenvalue weighted by atomic mass is 35.5. The van der Waals surface area contributed by atoms with Gasteiger partial charge in [-0.15, -0.1) is 0 Å². The number of fused-ring (bicyclic) bond motifs is 1. The fraction of sp³-hybridized carbons (Fsp3) is 0.400. The zero-order valence-corrected chi connectivity index (χ0v) is 23.1. The summed E-state index contributed by atoms with van der Waals surface area (Å²) in [6.07, 6.45) is 0. The summed E-state index contributed by atoms with van der Waals surface area (Å²) >= 11 is 12.3. The van der Waals surface area contributed by atoms with Crippen LogP contribution in [-0.4, -0.2) is 72.9 Å². The first-order valence-electron chi connectivity index (χ1n) is 11.9. The molecule has 12 heteroatoms. The van der Waals surface area contributed by atoms with Crippen molar-refractivity contribution in [2.24, 2.45) is 5.92 Å². The molecular weight excluding hydrogens is 537 g/mol. The van der Waals surface area contributed by atoms with Crippen molar-refractivity contribution in [3.8, 4) is 0 Å². The molecule has 1 aliphatic rings. The van der Waals surface area contributed by atoms with Gasteiger partial charge in [-0.05, 0) is 30.2 Å². The lowest BCUT2D eigenvalue weighted by Crippen LogP contribution is -2.48. The monoisotopic (exact) mass is 565 g/mol. The van der Waals surface area contributed by atoms with E-state index in [0.29, 0.717) is 31.3 Å². The van der Waals surface area contributed by atoms with Gasteiger partial charge in [-0.1, -0.05) is 55.2 Å². The minimum absolute atomic E-state index is 0.0220. The minimum Gasteiger partial charge on any atom is -0.467 e. The number of carbonyl (C=O) groups is 1. The van der Waals surface area contributed by atoms with E-state index in [9.17, 15) is 13.2 Å². The maximum absolute atomic E-state index is 13.2. The van der Waals surface area contributed by atoms with Gasteiger partial charge in [0.05, 0.1) is 29.2 Å². The maximum atomic E-state index is 13.2. The molecule has 9 nitrogen and oxygen atoms in total. The Morgan fingerprint density at radius 3 is 2.30 bits per heavy atom. The third-order valence-corrected chi connectivity index (χ3v) is 9.13. The summed E-state index contributed by atoms with van der Waals surface area (Å²) in [5.74, 6) is 0.736. The number of nitrogens with zero attached hydrogens (tertiary/aromatic N) is 4. The molecule has 1 aliphatic heterocycles. The molecule has 3 aromatic rings. The van der Waals surface area contributed by atoms with Gasteiger partial charge in [0.2, 0.25) is 10.0 Å². The summed E-state index contributed by atoms with van der Waals surface area (Å²) in [4.78, 5) is 23.8. The summed E-state index contributed by atoms with van der Waals surface area (Å²) in [5.41, 5.74) is 0.747. The van der Waals surface area contributed by atoms with Crippen LogP contribution in [0.4, 0.5) is 5.82 Å². The fourth-order valence-corrected chi connectivity index (χ4v) is 6.78. The van der Waals surface area contributed by atoms with Crippen LogP contribution in [0.15, 0.2) is 47.4 Å². The lowest BCUT2D eigenvalue weighted by atomic mass is 10.0. The average Bonchev–Trinajstić information content (AvgIpc) is 2.86. The smallest absolute Gasteiger partial charge is 0.328 e. The first kappa shape index (κ1) is 27.5. The number of halogens is 2. The molecule has 2 aromatic carbocycles. The Kier molecular flexibility index (Phi) is 8.55. The van der Waals surface area contributed by atoms with Gasteiger partial charge >= 0.3 is 5.97 Å². The van der Waals surface area contributed by atoms with E-state index in [4.69, 9.17) is 37.9 Å². The van der Waals surface area contributed by atoms with Crippen molar-refractivity contribution in [2.75, 3.05) is 38.6 Å². The Bertz CT molecular complexity index is 1370. The maximum Gasteiger partial charge on any atom is 0.328 e. The highest BCUT2D eigenvalue weighted by molar-refractivity contribution is 7.89. The van der Waals surface area contributed by atoms with Gasteiger partial charge in [0, 0.05) is 31.6 Å². The molecule has 1 saturated heterocycles. The number of hydrogen-bond donors (Lipinski definition) is 1. The number of rotatable bonds is 8. The number of hydrogen-bond acceptors (Lipinski definition) is 8. The van der Waals surface area contributed by atoms with Gasteiger partial charge in [-0.25, -0.2) is 23.2 Å². The van der Waals surface area contributed by atoms with Crippen LogP contribution in [0.3, 0.4) is 0 Å². The van der Waals surface area contributed by atoms with E-state index in [-0.39, 0.29) is 39.9 Å². The predicted molar refractivity (Wildman–Crippen MR) is 144 cm³/mol. The number of benzene rings is 2. The number of ether oxygens (including phenoxy) is 1. The topological polar surface area (TPSA) is 105 Å². The van der Waals surface area contributed by atoms with Crippen molar-refractivity contribution in [3.63, 3.8) is 0 Å². The summed E-state index contributed by atoms with van der Waals surface area (Å²) < 4.78 is 32.7. The number of para-hydroxylation sites is 1. The quantitative estimate of drug-likeness (QED) is 0.408. The van der Waals surface area contributed by atoms with Crippen LogP contribution in [0, 0.1) is 5.92 Å². The molecule has 0 radical (unpaired) electrons. The number of methoxy groups -OCH3 is 1. The molecule has 0 bridgehead atoms. The first-order valence-corrected chi connectivity index (χ1v) is 14.1.